The van der Waals surface area contributed by atoms with E-state index < -0.39 is 11.4 Å². The van der Waals surface area contributed by atoms with Crippen LogP contribution in [0, 0.1) is 11.3 Å². The molecule has 3 aromatic rings. The van der Waals surface area contributed by atoms with Crippen molar-refractivity contribution >= 4 is 5.97 Å². The highest BCUT2D eigenvalue weighted by molar-refractivity contribution is 5.80. The van der Waals surface area contributed by atoms with Crippen LogP contribution in [-0.2, 0) is 16.8 Å². The first-order chi connectivity index (χ1) is 16.1. The highest BCUT2D eigenvalue weighted by atomic mass is 16.5. The Hall–Kier alpha value is -3.11. The molecule has 168 valence electrons. The van der Waals surface area contributed by atoms with Crippen LogP contribution in [0.5, 0.6) is 5.75 Å². The van der Waals surface area contributed by atoms with E-state index in [1.54, 1.807) is 7.11 Å². The maximum absolute atomic E-state index is 13.2. The molecule has 1 saturated carbocycles. The molecule has 0 aromatic heterocycles. The standard InChI is InChI=1S/C29H29NO3/c1-33-22-11-7-10-21(16-22)28-15-14-25(23-12-5-6-13-24(23)28)29(27(31)32)19-30(18-26(28)29)17-20-8-3-2-4-9-20/h2-13,16,25-26H,14-15,17-19H2,1H3,(H,31,32). The third kappa shape index (κ3) is 2.77. The van der Waals surface area contributed by atoms with Gasteiger partial charge < -0.3 is 9.84 Å². The first kappa shape index (κ1) is 20.5. The summed E-state index contributed by atoms with van der Waals surface area (Å²) in [6.07, 6.45) is 1.87. The number of nitrogens with zero attached hydrogens (tertiary/aromatic N) is 1. The van der Waals surface area contributed by atoms with Gasteiger partial charge in [-0.2, -0.15) is 0 Å². The van der Waals surface area contributed by atoms with Gasteiger partial charge in [0.1, 0.15) is 5.75 Å². The first-order valence-corrected chi connectivity index (χ1v) is 11.8. The molecule has 1 aliphatic heterocycles. The molecule has 2 fully saturated rings. The summed E-state index contributed by atoms with van der Waals surface area (Å²) in [5, 5.41) is 10.8. The number of carboxylic acid groups (broad SMARTS) is 1. The number of carboxylic acids is 1. The summed E-state index contributed by atoms with van der Waals surface area (Å²) in [4.78, 5) is 15.6. The van der Waals surface area contributed by atoms with E-state index in [0.29, 0.717) is 6.54 Å². The molecule has 3 aliphatic carbocycles. The Kier molecular flexibility index (Phi) is 4.63. The van der Waals surface area contributed by atoms with E-state index in [9.17, 15) is 9.90 Å². The second-order valence-electron chi connectivity index (χ2n) is 9.94. The van der Waals surface area contributed by atoms with Gasteiger partial charge in [-0.05, 0) is 47.2 Å². The Morgan fingerprint density at radius 2 is 1.85 bits per heavy atom. The van der Waals surface area contributed by atoms with Crippen molar-refractivity contribution in [2.24, 2.45) is 11.3 Å². The van der Waals surface area contributed by atoms with Crippen molar-refractivity contribution in [1.29, 1.82) is 0 Å². The topological polar surface area (TPSA) is 49.8 Å². The molecule has 4 unspecified atom stereocenters. The van der Waals surface area contributed by atoms with Crippen molar-refractivity contribution < 1.29 is 14.6 Å². The van der Waals surface area contributed by atoms with Crippen molar-refractivity contribution in [2.45, 2.75) is 30.7 Å². The lowest BCUT2D eigenvalue weighted by molar-refractivity contribution is -0.157. The predicted molar refractivity (Wildman–Crippen MR) is 127 cm³/mol. The molecule has 1 heterocycles. The van der Waals surface area contributed by atoms with Gasteiger partial charge in [-0.3, -0.25) is 9.69 Å². The average molecular weight is 440 g/mol. The van der Waals surface area contributed by atoms with Gasteiger partial charge in [0.2, 0.25) is 0 Å². The number of aliphatic carboxylic acids is 1. The van der Waals surface area contributed by atoms with Crippen LogP contribution in [0.25, 0.3) is 0 Å². The smallest absolute Gasteiger partial charge is 0.311 e. The minimum Gasteiger partial charge on any atom is -0.497 e. The van der Waals surface area contributed by atoms with E-state index >= 15 is 0 Å². The summed E-state index contributed by atoms with van der Waals surface area (Å²) in [7, 11) is 1.70. The number of rotatable bonds is 5. The van der Waals surface area contributed by atoms with Crippen LogP contribution in [0.4, 0.5) is 0 Å². The summed E-state index contributed by atoms with van der Waals surface area (Å²) in [6, 6.07) is 27.3. The van der Waals surface area contributed by atoms with Crippen molar-refractivity contribution in [3.05, 3.63) is 101 Å². The van der Waals surface area contributed by atoms with E-state index in [1.807, 2.05) is 18.2 Å². The molecule has 0 amide bonds. The molecule has 3 aromatic carbocycles. The maximum atomic E-state index is 13.2. The fraction of sp³-hybridized carbons (Fsp3) is 0.345. The molecule has 7 rings (SSSR count). The van der Waals surface area contributed by atoms with Gasteiger partial charge in [0.15, 0.2) is 0 Å². The zero-order valence-electron chi connectivity index (χ0n) is 18.9. The van der Waals surface area contributed by atoms with Crippen LogP contribution in [0.3, 0.4) is 0 Å². The Morgan fingerprint density at radius 1 is 1.06 bits per heavy atom. The van der Waals surface area contributed by atoms with Crippen molar-refractivity contribution in [3.8, 4) is 5.75 Å². The van der Waals surface area contributed by atoms with Crippen LogP contribution >= 0.6 is 0 Å². The number of hydrogen-bond donors (Lipinski definition) is 1. The Balaban J connectivity index is 1.54. The third-order valence-electron chi connectivity index (χ3n) is 8.64. The summed E-state index contributed by atoms with van der Waals surface area (Å²) in [5.41, 5.74) is 3.85. The summed E-state index contributed by atoms with van der Waals surface area (Å²) >= 11 is 0. The zero-order valence-corrected chi connectivity index (χ0v) is 18.9. The quantitative estimate of drug-likeness (QED) is 0.603. The molecule has 4 heteroatoms. The second-order valence-corrected chi connectivity index (χ2v) is 9.94. The van der Waals surface area contributed by atoms with Crippen LogP contribution in [-0.4, -0.2) is 36.2 Å². The fourth-order valence-corrected chi connectivity index (χ4v) is 7.41. The van der Waals surface area contributed by atoms with Gasteiger partial charge in [-0.15, -0.1) is 0 Å². The Morgan fingerprint density at radius 3 is 2.64 bits per heavy atom. The monoisotopic (exact) mass is 439 g/mol. The van der Waals surface area contributed by atoms with Crippen LogP contribution in [0.1, 0.15) is 41.0 Å². The number of likely N-dealkylation sites (tertiary alicyclic amines) is 1. The molecule has 1 saturated heterocycles. The number of carbonyl (C=O) groups is 1. The molecule has 2 bridgehead atoms. The minimum absolute atomic E-state index is 0.00645. The predicted octanol–water partition coefficient (Wildman–Crippen LogP) is 5.08. The Bertz CT molecular complexity index is 1210. The van der Waals surface area contributed by atoms with E-state index in [-0.39, 0.29) is 17.3 Å². The largest absolute Gasteiger partial charge is 0.497 e. The fourth-order valence-electron chi connectivity index (χ4n) is 7.41. The molecule has 0 spiro atoms. The van der Waals surface area contributed by atoms with Gasteiger partial charge in [0, 0.05) is 36.9 Å². The molecular formula is C29H29NO3. The highest BCUT2D eigenvalue weighted by Crippen LogP contribution is 2.69. The van der Waals surface area contributed by atoms with E-state index in [4.69, 9.17) is 4.74 Å². The van der Waals surface area contributed by atoms with Crippen LogP contribution < -0.4 is 4.74 Å². The highest BCUT2D eigenvalue weighted by Gasteiger charge is 2.70. The number of benzene rings is 3. The number of hydrogen-bond acceptors (Lipinski definition) is 3. The number of ether oxygens (including phenoxy) is 1. The lowest BCUT2D eigenvalue weighted by atomic mass is 9.42. The summed E-state index contributed by atoms with van der Waals surface area (Å²) in [6.45, 7) is 2.15. The first-order valence-electron chi connectivity index (χ1n) is 11.8. The molecule has 33 heavy (non-hydrogen) atoms. The molecule has 4 atom stereocenters. The van der Waals surface area contributed by atoms with Gasteiger partial charge in [-0.25, -0.2) is 0 Å². The summed E-state index contributed by atoms with van der Waals surface area (Å²) in [5.74, 6) is 0.234. The van der Waals surface area contributed by atoms with E-state index in [0.717, 1.165) is 31.7 Å². The van der Waals surface area contributed by atoms with Crippen molar-refractivity contribution in [2.75, 3.05) is 20.2 Å². The van der Waals surface area contributed by atoms with Crippen LogP contribution in [0.2, 0.25) is 0 Å². The number of fused-ring (bicyclic) bond motifs is 1. The molecule has 0 radical (unpaired) electrons. The lowest BCUT2D eigenvalue weighted by Crippen LogP contribution is -2.60. The van der Waals surface area contributed by atoms with Gasteiger partial charge >= 0.3 is 5.97 Å². The van der Waals surface area contributed by atoms with E-state index in [2.05, 4.69) is 65.6 Å². The van der Waals surface area contributed by atoms with Crippen LogP contribution in [0.15, 0.2) is 78.9 Å². The molecule has 1 N–H and O–H groups in total. The second kappa shape index (κ2) is 7.46. The zero-order chi connectivity index (χ0) is 22.6. The SMILES string of the molecule is COc1cccc(C23CCC(c4ccccc42)C2(C(=O)O)CN(Cc4ccccc4)CC32)c1. The minimum atomic E-state index is -0.787. The normalized spacial score (nSPS) is 30.0. The average Bonchev–Trinajstić information content (AvgIpc) is 3.27. The van der Waals surface area contributed by atoms with Gasteiger partial charge in [0.25, 0.3) is 0 Å². The number of methoxy groups -OCH3 is 1. The van der Waals surface area contributed by atoms with Gasteiger partial charge in [-0.1, -0.05) is 66.7 Å². The lowest BCUT2D eigenvalue weighted by Gasteiger charge is -2.59. The Labute approximate surface area is 194 Å². The van der Waals surface area contributed by atoms with E-state index in [1.165, 1.54) is 22.3 Å². The maximum Gasteiger partial charge on any atom is 0.311 e. The molecule has 4 nitrogen and oxygen atoms in total. The third-order valence-corrected chi connectivity index (χ3v) is 8.64. The van der Waals surface area contributed by atoms with Crippen molar-refractivity contribution in [1.82, 2.24) is 4.90 Å². The molecular weight excluding hydrogens is 410 g/mol. The van der Waals surface area contributed by atoms with Crippen molar-refractivity contribution in [3.63, 3.8) is 0 Å². The summed E-state index contributed by atoms with van der Waals surface area (Å²) < 4.78 is 5.59. The molecule has 4 aliphatic rings. The van der Waals surface area contributed by atoms with Gasteiger partial charge in [0.05, 0.1) is 12.5 Å².